The van der Waals surface area contributed by atoms with Crippen LogP contribution in [0.25, 0.3) is 21.5 Å². The van der Waals surface area contributed by atoms with Gasteiger partial charge in [0.05, 0.1) is 23.9 Å². The summed E-state index contributed by atoms with van der Waals surface area (Å²) in [7, 11) is 0. The SMILES string of the molecule is CCOC(=O)c1cccc2c1N[C@@H](c1c3ccccc3cc3ccccc13)[C@H]1CC=C[C@@H]21. The zero-order chi connectivity index (χ0) is 21.7. The summed E-state index contributed by atoms with van der Waals surface area (Å²) in [5.41, 5.74) is 4.05. The molecular weight excluding hydrogens is 394 g/mol. The average molecular weight is 420 g/mol. The van der Waals surface area contributed by atoms with Crippen molar-refractivity contribution in [1.82, 2.24) is 0 Å². The zero-order valence-corrected chi connectivity index (χ0v) is 18.0. The largest absolute Gasteiger partial charge is 0.462 e. The summed E-state index contributed by atoms with van der Waals surface area (Å²) in [5.74, 6) is 0.413. The number of anilines is 1. The van der Waals surface area contributed by atoms with Crippen LogP contribution in [-0.2, 0) is 4.74 Å². The summed E-state index contributed by atoms with van der Waals surface area (Å²) in [4.78, 5) is 12.8. The molecule has 0 bridgehead atoms. The van der Waals surface area contributed by atoms with E-state index in [4.69, 9.17) is 4.74 Å². The molecule has 0 fully saturated rings. The highest BCUT2D eigenvalue weighted by Crippen LogP contribution is 2.52. The lowest BCUT2D eigenvalue weighted by atomic mass is 9.74. The number of benzene rings is 4. The maximum atomic E-state index is 12.8. The van der Waals surface area contributed by atoms with Crippen molar-refractivity contribution in [2.45, 2.75) is 25.3 Å². The van der Waals surface area contributed by atoms with E-state index in [2.05, 4.69) is 78.1 Å². The first-order valence-electron chi connectivity index (χ1n) is 11.4. The Hall–Kier alpha value is -3.59. The van der Waals surface area contributed by atoms with Crippen LogP contribution in [0.2, 0.25) is 0 Å². The van der Waals surface area contributed by atoms with Gasteiger partial charge in [0.2, 0.25) is 0 Å². The van der Waals surface area contributed by atoms with Gasteiger partial charge in [-0.2, -0.15) is 0 Å². The van der Waals surface area contributed by atoms with E-state index in [0.717, 1.165) is 12.1 Å². The van der Waals surface area contributed by atoms with Gasteiger partial charge in [-0.25, -0.2) is 4.79 Å². The molecule has 1 heterocycles. The van der Waals surface area contributed by atoms with Crippen LogP contribution < -0.4 is 5.32 Å². The third-order valence-corrected chi connectivity index (χ3v) is 7.02. The van der Waals surface area contributed by atoms with Crippen molar-refractivity contribution in [1.29, 1.82) is 0 Å². The number of para-hydroxylation sites is 1. The van der Waals surface area contributed by atoms with Gasteiger partial charge < -0.3 is 10.1 Å². The summed E-state index contributed by atoms with van der Waals surface area (Å²) in [6.07, 6.45) is 5.63. The summed E-state index contributed by atoms with van der Waals surface area (Å²) >= 11 is 0. The summed E-state index contributed by atoms with van der Waals surface area (Å²) < 4.78 is 5.39. The minimum Gasteiger partial charge on any atom is -0.462 e. The number of hydrogen-bond donors (Lipinski definition) is 1. The Labute approximate surface area is 187 Å². The molecule has 0 unspecified atom stereocenters. The van der Waals surface area contributed by atoms with Gasteiger partial charge in [0.1, 0.15) is 0 Å². The summed E-state index contributed by atoms with van der Waals surface area (Å²) in [6, 6.07) is 25.6. The van der Waals surface area contributed by atoms with E-state index < -0.39 is 0 Å². The van der Waals surface area contributed by atoms with Gasteiger partial charge in [0, 0.05) is 5.92 Å². The molecule has 6 rings (SSSR count). The standard InChI is InChI=1S/C29H25NO2/c1-2-32-29(31)25-16-8-14-23-22-13-7-15-24(22)28(30-27(23)25)26-20-11-5-3-9-18(20)17-19-10-4-6-12-21(19)26/h3-14,16-17,22,24,28,30H,2,15H2,1H3/t22-,24-,28+/m0/s1. The molecule has 3 nitrogen and oxygen atoms in total. The molecule has 3 heteroatoms. The predicted molar refractivity (Wildman–Crippen MR) is 130 cm³/mol. The van der Waals surface area contributed by atoms with Crippen LogP contribution >= 0.6 is 0 Å². The van der Waals surface area contributed by atoms with E-state index in [1.54, 1.807) is 0 Å². The maximum Gasteiger partial charge on any atom is 0.340 e. The van der Waals surface area contributed by atoms with Crippen LogP contribution in [0, 0.1) is 5.92 Å². The first-order valence-corrected chi connectivity index (χ1v) is 11.4. The molecule has 0 aromatic heterocycles. The molecule has 0 spiro atoms. The fourth-order valence-corrected chi connectivity index (χ4v) is 5.67. The van der Waals surface area contributed by atoms with Crippen molar-refractivity contribution in [2.24, 2.45) is 5.92 Å². The lowest BCUT2D eigenvalue weighted by Crippen LogP contribution is -2.30. The third-order valence-electron chi connectivity index (χ3n) is 7.02. The molecule has 0 radical (unpaired) electrons. The number of hydrogen-bond acceptors (Lipinski definition) is 3. The zero-order valence-electron chi connectivity index (χ0n) is 18.0. The van der Waals surface area contributed by atoms with Crippen LogP contribution in [0.15, 0.2) is 84.9 Å². The molecule has 0 saturated carbocycles. The van der Waals surface area contributed by atoms with Gasteiger partial charge in [-0.3, -0.25) is 0 Å². The molecule has 2 aliphatic rings. The normalized spacial score (nSPS) is 21.2. The van der Waals surface area contributed by atoms with Crippen LogP contribution in [0.4, 0.5) is 5.69 Å². The first kappa shape index (κ1) is 19.1. The number of ether oxygens (including phenoxy) is 1. The van der Waals surface area contributed by atoms with Gasteiger partial charge in [0.25, 0.3) is 0 Å². The number of allylic oxidation sites excluding steroid dienone is 2. The summed E-state index contributed by atoms with van der Waals surface area (Å²) in [5, 5.41) is 8.87. The Bertz CT molecular complexity index is 1330. The molecule has 0 amide bonds. The third kappa shape index (κ3) is 2.85. The number of fused-ring (bicyclic) bond motifs is 5. The highest BCUT2D eigenvalue weighted by molar-refractivity contribution is 6.03. The van der Waals surface area contributed by atoms with Gasteiger partial charge >= 0.3 is 5.97 Å². The number of esters is 1. The van der Waals surface area contributed by atoms with E-state index in [1.165, 1.54) is 32.7 Å². The van der Waals surface area contributed by atoms with Crippen LogP contribution in [0.3, 0.4) is 0 Å². The molecular formula is C29H25NO2. The fourth-order valence-electron chi connectivity index (χ4n) is 5.67. The van der Waals surface area contributed by atoms with E-state index in [-0.39, 0.29) is 17.9 Å². The minimum atomic E-state index is -0.265. The predicted octanol–water partition coefficient (Wildman–Crippen LogP) is 7.00. The average Bonchev–Trinajstić information content (AvgIpc) is 3.32. The summed E-state index contributed by atoms with van der Waals surface area (Å²) in [6.45, 7) is 2.22. The number of carbonyl (C=O) groups excluding carboxylic acids is 1. The van der Waals surface area contributed by atoms with E-state index >= 15 is 0 Å². The highest BCUT2D eigenvalue weighted by Gasteiger charge is 2.40. The molecule has 1 N–H and O–H groups in total. The topological polar surface area (TPSA) is 38.3 Å². The van der Waals surface area contributed by atoms with E-state index in [0.29, 0.717) is 18.1 Å². The fraction of sp³-hybridized carbons (Fsp3) is 0.207. The van der Waals surface area contributed by atoms with Crippen molar-refractivity contribution in [3.63, 3.8) is 0 Å². The molecule has 4 aromatic carbocycles. The Balaban J connectivity index is 1.60. The van der Waals surface area contributed by atoms with Crippen molar-refractivity contribution in [2.75, 3.05) is 11.9 Å². The van der Waals surface area contributed by atoms with Crippen molar-refractivity contribution >= 4 is 33.2 Å². The molecule has 32 heavy (non-hydrogen) atoms. The lowest BCUT2D eigenvalue weighted by Gasteiger charge is -2.39. The van der Waals surface area contributed by atoms with Crippen LogP contribution in [0.5, 0.6) is 0 Å². The lowest BCUT2D eigenvalue weighted by molar-refractivity contribution is 0.0527. The second kappa shape index (κ2) is 7.52. The molecule has 0 saturated heterocycles. The Morgan fingerprint density at radius 3 is 2.41 bits per heavy atom. The Morgan fingerprint density at radius 1 is 0.969 bits per heavy atom. The van der Waals surface area contributed by atoms with Crippen molar-refractivity contribution in [3.05, 3.63) is 102 Å². The molecule has 3 atom stereocenters. The molecule has 4 aromatic rings. The second-order valence-corrected chi connectivity index (χ2v) is 8.70. The number of carbonyl (C=O) groups is 1. The molecule has 1 aliphatic carbocycles. The highest BCUT2D eigenvalue weighted by atomic mass is 16.5. The molecule has 158 valence electrons. The first-order chi connectivity index (χ1) is 15.8. The van der Waals surface area contributed by atoms with Crippen LogP contribution in [-0.4, -0.2) is 12.6 Å². The van der Waals surface area contributed by atoms with Crippen molar-refractivity contribution < 1.29 is 9.53 Å². The quantitative estimate of drug-likeness (QED) is 0.221. The van der Waals surface area contributed by atoms with Gasteiger partial charge in [-0.1, -0.05) is 72.8 Å². The maximum absolute atomic E-state index is 12.8. The second-order valence-electron chi connectivity index (χ2n) is 8.70. The number of nitrogens with one attached hydrogen (secondary N) is 1. The molecule has 1 aliphatic heterocycles. The minimum absolute atomic E-state index is 0.0917. The monoisotopic (exact) mass is 419 g/mol. The number of rotatable bonds is 3. The van der Waals surface area contributed by atoms with Gasteiger partial charge in [-0.05, 0) is 64.1 Å². The van der Waals surface area contributed by atoms with Crippen molar-refractivity contribution in [3.8, 4) is 0 Å². The van der Waals surface area contributed by atoms with E-state index in [9.17, 15) is 4.79 Å². The van der Waals surface area contributed by atoms with Gasteiger partial charge in [0.15, 0.2) is 0 Å². The van der Waals surface area contributed by atoms with Crippen LogP contribution in [0.1, 0.15) is 46.8 Å². The van der Waals surface area contributed by atoms with Gasteiger partial charge in [-0.15, -0.1) is 0 Å². The Kier molecular flexibility index (Phi) is 4.50. The van der Waals surface area contributed by atoms with E-state index in [1.807, 2.05) is 19.1 Å². The smallest absolute Gasteiger partial charge is 0.340 e. The Morgan fingerprint density at radius 2 is 1.69 bits per heavy atom.